The van der Waals surface area contributed by atoms with Crippen molar-refractivity contribution >= 4 is 28.9 Å². The van der Waals surface area contributed by atoms with Gasteiger partial charge < -0.3 is 10.1 Å². The van der Waals surface area contributed by atoms with Gasteiger partial charge in [0.1, 0.15) is 10.8 Å². The molecular weight excluding hydrogens is 391 g/mol. The maximum atomic E-state index is 13.0. The van der Waals surface area contributed by atoms with Gasteiger partial charge in [0.25, 0.3) is 5.91 Å². The number of hydrogen-bond acceptors (Lipinski definition) is 5. The van der Waals surface area contributed by atoms with Crippen molar-refractivity contribution in [2.24, 2.45) is 0 Å². The molecule has 0 saturated heterocycles. The van der Waals surface area contributed by atoms with E-state index in [1.807, 2.05) is 24.3 Å². The minimum absolute atomic E-state index is 0.107. The first-order valence-corrected chi connectivity index (χ1v) is 10.0. The van der Waals surface area contributed by atoms with Crippen molar-refractivity contribution < 1.29 is 18.7 Å². The highest BCUT2D eigenvalue weighted by Gasteiger charge is 2.21. The van der Waals surface area contributed by atoms with Crippen LogP contribution in [0.3, 0.4) is 0 Å². The Bertz CT molecular complexity index is 998. The lowest BCUT2D eigenvalue weighted by molar-refractivity contribution is -0.123. The monoisotopic (exact) mass is 412 g/mol. The Kier molecular flexibility index (Phi) is 6.39. The highest BCUT2D eigenvalue weighted by molar-refractivity contribution is 7.13. The number of amides is 1. The third kappa shape index (κ3) is 5.26. The van der Waals surface area contributed by atoms with E-state index >= 15 is 0 Å². The predicted molar refractivity (Wildman–Crippen MR) is 112 cm³/mol. The molecule has 5 nitrogen and oxygen atoms in total. The van der Waals surface area contributed by atoms with Crippen LogP contribution in [0.4, 0.5) is 10.1 Å². The van der Waals surface area contributed by atoms with Crippen molar-refractivity contribution in [3.63, 3.8) is 0 Å². The molecule has 0 aliphatic heterocycles. The zero-order valence-corrected chi connectivity index (χ0v) is 17.1. The molecule has 0 aliphatic rings. The standard InChI is InChI=1S/C22H21FN2O3S/c1-13(2)15-6-10-18(11-7-15)24-20(26)14(3)28-22(27)19-12-29-21(25-19)16-4-8-17(23)9-5-16/h4-14H,1-3H3,(H,24,26)/t14-/m0/s1. The normalized spacial score (nSPS) is 11.9. The van der Waals surface area contributed by atoms with E-state index in [1.165, 1.54) is 36.0 Å². The van der Waals surface area contributed by atoms with Crippen molar-refractivity contribution in [3.8, 4) is 10.6 Å². The predicted octanol–water partition coefficient (Wildman–Crippen LogP) is 5.26. The maximum Gasteiger partial charge on any atom is 0.358 e. The summed E-state index contributed by atoms with van der Waals surface area (Å²) in [5.41, 5.74) is 2.61. The van der Waals surface area contributed by atoms with Gasteiger partial charge in [-0.05, 0) is 54.8 Å². The fourth-order valence-corrected chi connectivity index (χ4v) is 3.36. The first-order valence-electron chi connectivity index (χ1n) is 9.16. The van der Waals surface area contributed by atoms with Gasteiger partial charge in [-0.15, -0.1) is 11.3 Å². The lowest BCUT2D eigenvalue weighted by Gasteiger charge is -2.13. The molecule has 2 aromatic carbocycles. The van der Waals surface area contributed by atoms with Crippen LogP contribution in [0.25, 0.3) is 10.6 Å². The van der Waals surface area contributed by atoms with Crippen LogP contribution in [-0.4, -0.2) is 23.0 Å². The van der Waals surface area contributed by atoms with Crippen molar-refractivity contribution in [1.29, 1.82) is 0 Å². The number of anilines is 1. The summed E-state index contributed by atoms with van der Waals surface area (Å²) in [5.74, 6) is -1.06. The molecule has 3 rings (SSSR count). The molecule has 0 fully saturated rings. The molecule has 0 radical (unpaired) electrons. The van der Waals surface area contributed by atoms with Crippen LogP contribution in [0, 0.1) is 5.82 Å². The van der Waals surface area contributed by atoms with E-state index in [9.17, 15) is 14.0 Å². The minimum Gasteiger partial charge on any atom is -0.448 e. The summed E-state index contributed by atoms with van der Waals surface area (Å²) < 4.78 is 18.3. The molecule has 1 N–H and O–H groups in total. The second kappa shape index (κ2) is 8.96. The minimum atomic E-state index is -0.983. The average Bonchev–Trinajstić information content (AvgIpc) is 3.19. The summed E-state index contributed by atoms with van der Waals surface area (Å²) in [5, 5.41) is 4.85. The van der Waals surface area contributed by atoms with Crippen LogP contribution in [0.2, 0.25) is 0 Å². The van der Waals surface area contributed by atoms with E-state index in [1.54, 1.807) is 17.5 Å². The number of benzene rings is 2. The highest BCUT2D eigenvalue weighted by Crippen LogP contribution is 2.24. The van der Waals surface area contributed by atoms with E-state index in [4.69, 9.17) is 4.74 Å². The number of hydrogen-bond donors (Lipinski definition) is 1. The number of aromatic nitrogens is 1. The van der Waals surface area contributed by atoms with Crippen molar-refractivity contribution in [2.45, 2.75) is 32.8 Å². The zero-order chi connectivity index (χ0) is 21.0. The third-order valence-corrected chi connectivity index (χ3v) is 5.19. The fraction of sp³-hybridized carbons (Fsp3) is 0.227. The Hall–Kier alpha value is -3.06. The van der Waals surface area contributed by atoms with Crippen LogP contribution in [0.5, 0.6) is 0 Å². The van der Waals surface area contributed by atoms with Gasteiger partial charge in [0.2, 0.25) is 0 Å². The molecule has 3 aromatic rings. The van der Waals surface area contributed by atoms with Crippen LogP contribution < -0.4 is 5.32 Å². The zero-order valence-electron chi connectivity index (χ0n) is 16.3. The molecule has 0 unspecified atom stereocenters. The van der Waals surface area contributed by atoms with Gasteiger partial charge in [0.15, 0.2) is 11.8 Å². The van der Waals surface area contributed by atoms with Crippen LogP contribution >= 0.6 is 11.3 Å². The molecular formula is C22H21FN2O3S. The van der Waals surface area contributed by atoms with Crippen molar-refractivity contribution in [1.82, 2.24) is 4.98 Å². The van der Waals surface area contributed by atoms with Crippen LogP contribution in [-0.2, 0) is 9.53 Å². The van der Waals surface area contributed by atoms with Crippen molar-refractivity contribution in [3.05, 3.63) is 71.0 Å². The van der Waals surface area contributed by atoms with E-state index in [2.05, 4.69) is 24.1 Å². The topological polar surface area (TPSA) is 68.3 Å². The first kappa shape index (κ1) is 20.7. The molecule has 1 atom stereocenters. The summed E-state index contributed by atoms with van der Waals surface area (Å²) in [7, 11) is 0. The van der Waals surface area contributed by atoms with Gasteiger partial charge in [-0.3, -0.25) is 4.79 Å². The number of ether oxygens (including phenoxy) is 1. The Morgan fingerprint density at radius 2 is 1.69 bits per heavy atom. The molecule has 1 aromatic heterocycles. The first-order chi connectivity index (χ1) is 13.8. The van der Waals surface area contributed by atoms with Crippen LogP contribution in [0.15, 0.2) is 53.9 Å². The molecule has 0 bridgehead atoms. The van der Waals surface area contributed by atoms with Gasteiger partial charge in [0.05, 0.1) is 0 Å². The molecule has 1 heterocycles. The number of carbonyl (C=O) groups is 2. The van der Waals surface area contributed by atoms with E-state index < -0.39 is 18.0 Å². The van der Waals surface area contributed by atoms with Crippen LogP contribution in [0.1, 0.15) is 42.7 Å². The fourth-order valence-electron chi connectivity index (χ4n) is 2.56. The van der Waals surface area contributed by atoms with Gasteiger partial charge in [0, 0.05) is 16.6 Å². The molecule has 150 valence electrons. The number of esters is 1. The smallest absolute Gasteiger partial charge is 0.358 e. The Labute approximate surface area is 172 Å². The molecule has 0 saturated carbocycles. The number of nitrogens with one attached hydrogen (secondary N) is 1. The number of carbonyl (C=O) groups excluding carboxylic acids is 2. The SMILES string of the molecule is CC(C)c1ccc(NC(=O)[C@H](C)OC(=O)c2csc(-c3ccc(F)cc3)n2)cc1. The lowest BCUT2D eigenvalue weighted by atomic mass is 10.0. The Balaban J connectivity index is 1.59. The number of thiazole rings is 1. The molecule has 0 spiro atoms. The van der Waals surface area contributed by atoms with E-state index in [0.29, 0.717) is 22.2 Å². The lowest BCUT2D eigenvalue weighted by Crippen LogP contribution is -2.30. The summed E-state index contributed by atoms with van der Waals surface area (Å²) >= 11 is 1.24. The quantitative estimate of drug-likeness (QED) is 0.561. The molecule has 0 aliphatic carbocycles. The molecule has 1 amide bonds. The number of nitrogens with zero attached hydrogens (tertiary/aromatic N) is 1. The summed E-state index contributed by atoms with van der Waals surface area (Å²) in [6.07, 6.45) is -0.983. The largest absolute Gasteiger partial charge is 0.448 e. The third-order valence-electron chi connectivity index (χ3n) is 4.30. The van der Waals surface area contributed by atoms with Gasteiger partial charge >= 0.3 is 5.97 Å². The summed E-state index contributed by atoms with van der Waals surface area (Å²) in [6.45, 7) is 5.69. The van der Waals surface area contributed by atoms with E-state index in [-0.39, 0.29) is 11.5 Å². The van der Waals surface area contributed by atoms with Gasteiger partial charge in [-0.1, -0.05) is 26.0 Å². The Morgan fingerprint density at radius 3 is 2.31 bits per heavy atom. The summed E-state index contributed by atoms with van der Waals surface area (Å²) in [6, 6.07) is 13.4. The molecule has 29 heavy (non-hydrogen) atoms. The second-order valence-electron chi connectivity index (χ2n) is 6.86. The number of halogens is 1. The van der Waals surface area contributed by atoms with E-state index in [0.717, 1.165) is 0 Å². The van der Waals surface area contributed by atoms with Gasteiger partial charge in [-0.2, -0.15) is 0 Å². The highest BCUT2D eigenvalue weighted by atomic mass is 32.1. The maximum absolute atomic E-state index is 13.0. The molecule has 7 heteroatoms. The number of rotatable bonds is 6. The summed E-state index contributed by atoms with van der Waals surface area (Å²) in [4.78, 5) is 28.8. The van der Waals surface area contributed by atoms with Crippen molar-refractivity contribution in [2.75, 3.05) is 5.32 Å². The van der Waals surface area contributed by atoms with Gasteiger partial charge in [-0.25, -0.2) is 14.2 Å². The Morgan fingerprint density at radius 1 is 1.03 bits per heavy atom. The second-order valence-corrected chi connectivity index (χ2v) is 7.72. The average molecular weight is 412 g/mol.